The Labute approximate surface area is 69.1 Å². The first-order chi connectivity index (χ1) is 5.69. The van der Waals surface area contributed by atoms with Gasteiger partial charge in [-0.15, -0.1) is 0 Å². The normalized spacial score (nSPS) is 9.42. The Morgan fingerprint density at radius 1 is 1.83 bits per heavy atom. The SMILES string of the molecule is Cn1cc(C#N)c(=O)nc1CN. The maximum atomic E-state index is 11.0. The zero-order valence-electron chi connectivity index (χ0n) is 6.61. The van der Waals surface area contributed by atoms with E-state index in [2.05, 4.69) is 4.98 Å². The van der Waals surface area contributed by atoms with E-state index in [-0.39, 0.29) is 12.1 Å². The molecule has 5 heteroatoms. The molecule has 0 radical (unpaired) electrons. The Morgan fingerprint density at radius 2 is 2.50 bits per heavy atom. The summed E-state index contributed by atoms with van der Waals surface area (Å²) in [4.78, 5) is 14.6. The van der Waals surface area contributed by atoms with Gasteiger partial charge in [-0.1, -0.05) is 0 Å². The summed E-state index contributed by atoms with van der Waals surface area (Å²) in [5.41, 5.74) is 4.83. The van der Waals surface area contributed by atoms with Gasteiger partial charge in [-0.05, 0) is 0 Å². The van der Waals surface area contributed by atoms with Crippen molar-refractivity contribution in [3.63, 3.8) is 0 Å². The lowest BCUT2D eigenvalue weighted by Gasteiger charge is -2.03. The van der Waals surface area contributed by atoms with Crippen molar-refractivity contribution in [2.45, 2.75) is 6.54 Å². The predicted molar refractivity (Wildman–Crippen MR) is 42.1 cm³/mol. The highest BCUT2D eigenvalue weighted by Gasteiger charge is 2.02. The Kier molecular flexibility index (Phi) is 2.21. The average molecular weight is 164 g/mol. The van der Waals surface area contributed by atoms with Crippen LogP contribution in [-0.4, -0.2) is 9.55 Å². The molecule has 1 rings (SSSR count). The summed E-state index contributed by atoms with van der Waals surface area (Å²) >= 11 is 0. The van der Waals surface area contributed by atoms with Gasteiger partial charge in [-0.3, -0.25) is 4.79 Å². The molecule has 1 aromatic heterocycles. The van der Waals surface area contributed by atoms with Crippen molar-refractivity contribution in [2.24, 2.45) is 12.8 Å². The third-order valence-corrected chi connectivity index (χ3v) is 1.49. The fraction of sp³-hybridized carbons (Fsp3) is 0.286. The highest BCUT2D eigenvalue weighted by atomic mass is 16.1. The lowest BCUT2D eigenvalue weighted by Crippen LogP contribution is -2.20. The third kappa shape index (κ3) is 1.33. The van der Waals surface area contributed by atoms with E-state index in [0.29, 0.717) is 5.82 Å². The minimum Gasteiger partial charge on any atom is -0.337 e. The maximum absolute atomic E-state index is 11.0. The van der Waals surface area contributed by atoms with Crippen molar-refractivity contribution in [2.75, 3.05) is 0 Å². The molecule has 0 amide bonds. The van der Waals surface area contributed by atoms with Crippen LogP contribution in [0.2, 0.25) is 0 Å². The number of nitrogens with two attached hydrogens (primary N) is 1. The van der Waals surface area contributed by atoms with Crippen molar-refractivity contribution in [1.82, 2.24) is 9.55 Å². The summed E-state index contributed by atoms with van der Waals surface area (Å²) in [6.07, 6.45) is 1.43. The van der Waals surface area contributed by atoms with Crippen molar-refractivity contribution in [1.29, 1.82) is 5.26 Å². The standard InChI is InChI=1S/C7H8N4O/c1-11-4-5(2-8)7(12)10-6(11)3-9/h4H,3,9H2,1H3. The lowest BCUT2D eigenvalue weighted by atomic mass is 10.3. The highest BCUT2D eigenvalue weighted by Crippen LogP contribution is 1.91. The largest absolute Gasteiger partial charge is 0.337 e. The Hall–Kier alpha value is -1.67. The van der Waals surface area contributed by atoms with Gasteiger partial charge in [0.05, 0.1) is 6.54 Å². The molecule has 1 aromatic rings. The summed E-state index contributed by atoms with van der Waals surface area (Å²) in [5, 5.41) is 8.47. The molecular formula is C7H8N4O. The van der Waals surface area contributed by atoms with Gasteiger partial charge in [0.15, 0.2) is 0 Å². The summed E-state index contributed by atoms with van der Waals surface area (Å²) in [7, 11) is 1.69. The van der Waals surface area contributed by atoms with Crippen LogP contribution in [0.5, 0.6) is 0 Å². The molecule has 0 unspecified atom stereocenters. The fourth-order valence-corrected chi connectivity index (χ4v) is 0.846. The van der Waals surface area contributed by atoms with Crippen molar-refractivity contribution in [3.8, 4) is 6.07 Å². The molecule has 0 aliphatic carbocycles. The molecule has 0 spiro atoms. The van der Waals surface area contributed by atoms with Gasteiger partial charge < -0.3 is 10.3 Å². The monoisotopic (exact) mass is 164 g/mol. The van der Waals surface area contributed by atoms with Crippen molar-refractivity contribution < 1.29 is 0 Å². The Bertz CT molecular complexity index is 387. The summed E-state index contributed by atoms with van der Waals surface area (Å²) < 4.78 is 1.57. The van der Waals surface area contributed by atoms with E-state index in [1.165, 1.54) is 6.20 Å². The van der Waals surface area contributed by atoms with E-state index in [4.69, 9.17) is 11.0 Å². The number of rotatable bonds is 1. The van der Waals surface area contributed by atoms with Crippen LogP contribution in [-0.2, 0) is 13.6 Å². The molecule has 0 saturated carbocycles. The quantitative estimate of drug-likeness (QED) is 0.583. The second-order valence-corrected chi connectivity index (χ2v) is 2.30. The van der Waals surface area contributed by atoms with Gasteiger partial charge in [0.25, 0.3) is 5.56 Å². The van der Waals surface area contributed by atoms with E-state index >= 15 is 0 Å². The van der Waals surface area contributed by atoms with E-state index in [1.54, 1.807) is 17.7 Å². The summed E-state index contributed by atoms with van der Waals surface area (Å²) in [6.45, 7) is 0.192. The third-order valence-electron chi connectivity index (χ3n) is 1.49. The number of nitrogens with zero attached hydrogens (tertiary/aromatic N) is 3. The predicted octanol–water partition coefficient (Wildman–Crippen LogP) is -0.889. The number of hydrogen-bond donors (Lipinski definition) is 1. The smallest absolute Gasteiger partial charge is 0.290 e. The topological polar surface area (TPSA) is 84.7 Å². The lowest BCUT2D eigenvalue weighted by molar-refractivity contribution is 0.740. The van der Waals surface area contributed by atoms with Gasteiger partial charge in [0, 0.05) is 13.2 Å². The minimum atomic E-state index is -0.518. The number of aromatic nitrogens is 2. The molecule has 0 fully saturated rings. The molecular weight excluding hydrogens is 156 g/mol. The van der Waals surface area contributed by atoms with E-state index in [1.807, 2.05) is 0 Å². The first kappa shape index (κ1) is 8.43. The van der Waals surface area contributed by atoms with Crippen LogP contribution < -0.4 is 11.3 Å². The molecule has 62 valence electrons. The van der Waals surface area contributed by atoms with Crippen LogP contribution in [0.3, 0.4) is 0 Å². The summed E-state index contributed by atoms with van der Waals surface area (Å²) in [5.74, 6) is 0.471. The molecule has 0 atom stereocenters. The average Bonchev–Trinajstić information content (AvgIpc) is 2.08. The van der Waals surface area contributed by atoms with Crippen LogP contribution in [0, 0.1) is 11.3 Å². The van der Waals surface area contributed by atoms with E-state index < -0.39 is 5.56 Å². The van der Waals surface area contributed by atoms with Crippen LogP contribution in [0.25, 0.3) is 0 Å². The van der Waals surface area contributed by atoms with Crippen LogP contribution in [0.15, 0.2) is 11.0 Å². The molecule has 0 bridgehead atoms. The number of aryl methyl sites for hydroxylation is 1. The zero-order valence-corrected chi connectivity index (χ0v) is 6.61. The molecule has 0 saturated heterocycles. The Balaban J connectivity index is 3.39. The molecule has 0 aliphatic rings. The minimum absolute atomic E-state index is 0.0368. The Morgan fingerprint density at radius 3 is 3.00 bits per heavy atom. The maximum Gasteiger partial charge on any atom is 0.290 e. The molecule has 2 N–H and O–H groups in total. The molecule has 5 nitrogen and oxygen atoms in total. The summed E-state index contributed by atoms with van der Waals surface area (Å²) in [6, 6.07) is 1.75. The van der Waals surface area contributed by atoms with Gasteiger partial charge >= 0.3 is 0 Å². The number of hydrogen-bond acceptors (Lipinski definition) is 4. The second kappa shape index (κ2) is 3.15. The van der Waals surface area contributed by atoms with Crippen LogP contribution in [0.1, 0.15) is 11.4 Å². The van der Waals surface area contributed by atoms with Crippen molar-refractivity contribution in [3.05, 3.63) is 27.9 Å². The first-order valence-corrected chi connectivity index (χ1v) is 3.35. The van der Waals surface area contributed by atoms with E-state index in [0.717, 1.165) is 0 Å². The van der Waals surface area contributed by atoms with Gasteiger partial charge in [0.1, 0.15) is 17.5 Å². The van der Waals surface area contributed by atoms with E-state index in [9.17, 15) is 4.79 Å². The zero-order chi connectivity index (χ0) is 9.14. The van der Waals surface area contributed by atoms with Crippen LogP contribution in [0.4, 0.5) is 0 Å². The molecule has 12 heavy (non-hydrogen) atoms. The van der Waals surface area contributed by atoms with Gasteiger partial charge in [-0.25, -0.2) is 0 Å². The molecule has 0 aliphatic heterocycles. The van der Waals surface area contributed by atoms with Gasteiger partial charge in [-0.2, -0.15) is 10.2 Å². The second-order valence-electron chi connectivity index (χ2n) is 2.30. The fourth-order valence-electron chi connectivity index (χ4n) is 0.846. The number of nitriles is 1. The van der Waals surface area contributed by atoms with Crippen LogP contribution >= 0.6 is 0 Å². The molecule has 0 aromatic carbocycles. The van der Waals surface area contributed by atoms with Gasteiger partial charge in [0.2, 0.25) is 0 Å². The first-order valence-electron chi connectivity index (χ1n) is 3.35. The highest BCUT2D eigenvalue weighted by molar-refractivity contribution is 5.22. The van der Waals surface area contributed by atoms with Crippen molar-refractivity contribution >= 4 is 0 Å². The molecule has 1 heterocycles.